The molecule has 5 nitrogen and oxygen atoms in total. The van der Waals surface area contributed by atoms with E-state index in [9.17, 15) is 4.79 Å². The van der Waals surface area contributed by atoms with Gasteiger partial charge in [0, 0.05) is 11.9 Å². The summed E-state index contributed by atoms with van der Waals surface area (Å²) in [4.78, 5) is 17.9. The Hall–Kier alpha value is -1.14. The van der Waals surface area contributed by atoms with Gasteiger partial charge in [-0.1, -0.05) is 13.8 Å². The molecule has 0 fully saturated rings. The number of hydrogen-bond donors (Lipinski definition) is 1. The number of ether oxygens (including phenoxy) is 1. The van der Waals surface area contributed by atoms with Gasteiger partial charge in [0.25, 0.3) is 0 Å². The highest BCUT2D eigenvalue weighted by atomic mass is 32.1. The first-order valence-electron chi connectivity index (χ1n) is 6.25. The Balaban J connectivity index is 2.40. The predicted molar refractivity (Wildman–Crippen MR) is 72.6 cm³/mol. The highest BCUT2D eigenvalue weighted by Gasteiger charge is 2.07. The molecule has 18 heavy (non-hydrogen) atoms. The molecule has 1 heterocycles. The number of hydrogen-bond acceptors (Lipinski definition) is 5. The van der Waals surface area contributed by atoms with Gasteiger partial charge in [0.2, 0.25) is 0 Å². The predicted octanol–water partition coefficient (Wildman–Crippen LogP) is 2.23. The summed E-state index contributed by atoms with van der Waals surface area (Å²) in [5.41, 5.74) is 1.06. The van der Waals surface area contributed by atoms with Gasteiger partial charge < -0.3 is 10.1 Å². The lowest BCUT2D eigenvalue weighted by Gasteiger charge is -2.15. The molecule has 0 radical (unpaired) electrons. The van der Waals surface area contributed by atoms with Crippen LogP contribution in [0.15, 0.2) is 5.38 Å². The summed E-state index contributed by atoms with van der Waals surface area (Å²) in [6.07, 6.45) is -0.391. The van der Waals surface area contributed by atoms with E-state index in [4.69, 9.17) is 4.74 Å². The lowest BCUT2D eigenvalue weighted by atomic mass is 10.4. The number of rotatable bonds is 7. The van der Waals surface area contributed by atoms with Crippen LogP contribution < -0.4 is 5.32 Å². The second-order valence-electron chi connectivity index (χ2n) is 3.77. The minimum absolute atomic E-state index is 0.386. The summed E-state index contributed by atoms with van der Waals surface area (Å²) in [5, 5.41) is 5.62. The number of carbonyl (C=O) groups is 1. The van der Waals surface area contributed by atoms with Crippen LogP contribution in [0, 0.1) is 0 Å². The van der Waals surface area contributed by atoms with E-state index in [0.717, 1.165) is 30.3 Å². The molecule has 0 aromatic carbocycles. The third-order valence-electron chi connectivity index (χ3n) is 2.54. The maximum atomic E-state index is 11.1. The summed E-state index contributed by atoms with van der Waals surface area (Å²) in [7, 11) is 0. The Morgan fingerprint density at radius 2 is 2.17 bits per heavy atom. The van der Waals surface area contributed by atoms with Crippen LogP contribution in [0.1, 0.15) is 31.5 Å². The van der Waals surface area contributed by atoms with Crippen molar-refractivity contribution in [1.29, 1.82) is 0 Å². The van der Waals surface area contributed by atoms with Crippen molar-refractivity contribution < 1.29 is 9.53 Å². The van der Waals surface area contributed by atoms with E-state index in [2.05, 4.69) is 29.0 Å². The van der Waals surface area contributed by atoms with E-state index in [1.165, 1.54) is 0 Å². The summed E-state index contributed by atoms with van der Waals surface area (Å²) in [5.74, 6) is 0. The van der Waals surface area contributed by atoms with Crippen LogP contribution in [-0.4, -0.2) is 35.7 Å². The van der Waals surface area contributed by atoms with Crippen molar-refractivity contribution in [3.05, 3.63) is 16.1 Å². The SMILES string of the molecule is CCOC(=O)NCc1nc(CN(CC)CC)cs1. The minimum atomic E-state index is -0.391. The lowest BCUT2D eigenvalue weighted by molar-refractivity contribution is 0.151. The molecule has 6 heteroatoms. The molecule has 0 unspecified atom stereocenters. The van der Waals surface area contributed by atoms with Crippen molar-refractivity contribution in [2.45, 2.75) is 33.9 Å². The number of thiazole rings is 1. The first-order valence-corrected chi connectivity index (χ1v) is 7.13. The summed E-state index contributed by atoms with van der Waals surface area (Å²) in [6.45, 7) is 9.78. The van der Waals surface area contributed by atoms with E-state index >= 15 is 0 Å². The zero-order valence-corrected chi connectivity index (χ0v) is 12.0. The molecule has 0 saturated heterocycles. The largest absolute Gasteiger partial charge is 0.450 e. The van der Waals surface area contributed by atoms with Gasteiger partial charge in [-0.25, -0.2) is 9.78 Å². The number of amides is 1. The molecule has 1 N–H and O–H groups in total. The van der Waals surface area contributed by atoms with Crippen molar-refractivity contribution in [3.8, 4) is 0 Å². The fraction of sp³-hybridized carbons (Fsp3) is 0.667. The van der Waals surface area contributed by atoms with Gasteiger partial charge in [0.15, 0.2) is 0 Å². The first kappa shape index (κ1) is 14.9. The minimum Gasteiger partial charge on any atom is -0.450 e. The average Bonchev–Trinajstić information content (AvgIpc) is 2.81. The van der Waals surface area contributed by atoms with Crippen molar-refractivity contribution in [3.63, 3.8) is 0 Å². The smallest absolute Gasteiger partial charge is 0.407 e. The van der Waals surface area contributed by atoms with Gasteiger partial charge in [-0.05, 0) is 20.0 Å². The van der Waals surface area contributed by atoms with Crippen molar-refractivity contribution in [2.24, 2.45) is 0 Å². The molecule has 0 aliphatic carbocycles. The van der Waals surface area contributed by atoms with Crippen LogP contribution in [0.5, 0.6) is 0 Å². The third-order valence-corrected chi connectivity index (χ3v) is 3.44. The summed E-state index contributed by atoms with van der Waals surface area (Å²) < 4.78 is 4.79. The molecular formula is C12H21N3O2S. The molecule has 0 saturated carbocycles. The van der Waals surface area contributed by atoms with Gasteiger partial charge in [-0.3, -0.25) is 4.90 Å². The molecule has 1 amide bonds. The van der Waals surface area contributed by atoms with Crippen molar-refractivity contribution in [1.82, 2.24) is 15.2 Å². The van der Waals surface area contributed by atoms with Crippen LogP contribution in [0.3, 0.4) is 0 Å². The highest BCUT2D eigenvalue weighted by molar-refractivity contribution is 7.09. The summed E-state index contributed by atoms with van der Waals surface area (Å²) >= 11 is 1.56. The van der Waals surface area contributed by atoms with Gasteiger partial charge >= 0.3 is 6.09 Å². The average molecular weight is 271 g/mol. The lowest BCUT2D eigenvalue weighted by Crippen LogP contribution is -2.24. The Kier molecular flexibility index (Phi) is 6.67. The normalized spacial score (nSPS) is 10.7. The van der Waals surface area contributed by atoms with E-state index in [1.54, 1.807) is 18.3 Å². The van der Waals surface area contributed by atoms with Gasteiger partial charge in [0.1, 0.15) is 5.01 Å². The van der Waals surface area contributed by atoms with E-state index < -0.39 is 6.09 Å². The molecule has 0 aliphatic heterocycles. The second kappa shape index (κ2) is 8.05. The standard InChI is InChI=1S/C12H21N3O2S/c1-4-15(5-2)8-10-9-18-11(14-10)7-13-12(16)17-6-3/h9H,4-8H2,1-3H3,(H,13,16). The molecular weight excluding hydrogens is 250 g/mol. The molecule has 0 aliphatic rings. The Bertz CT molecular complexity index is 364. The number of alkyl carbamates (subject to hydrolysis) is 1. The number of aromatic nitrogens is 1. The fourth-order valence-electron chi connectivity index (χ4n) is 1.51. The van der Waals surface area contributed by atoms with Crippen LogP contribution in [-0.2, 0) is 17.8 Å². The van der Waals surface area contributed by atoms with E-state index in [-0.39, 0.29) is 0 Å². The van der Waals surface area contributed by atoms with Crippen molar-refractivity contribution >= 4 is 17.4 Å². The van der Waals surface area contributed by atoms with Crippen LogP contribution in [0.25, 0.3) is 0 Å². The molecule has 1 aromatic heterocycles. The molecule has 0 atom stereocenters. The molecule has 102 valence electrons. The van der Waals surface area contributed by atoms with Gasteiger partial charge in [0.05, 0.1) is 18.8 Å². The topological polar surface area (TPSA) is 54.5 Å². The Labute approximate surface area is 112 Å². The highest BCUT2D eigenvalue weighted by Crippen LogP contribution is 2.11. The monoisotopic (exact) mass is 271 g/mol. The third kappa shape index (κ3) is 5.01. The van der Waals surface area contributed by atoms with Gasteiger partial charge in [-0.15, -0.1) is 11.3 Å². The van der Waals surface area contributed by atoms with Crippen LogP contribution in [0.4, 0.5) is 4.79 Å². The van der Waals surface area contributed by atoms with Crippen LogP contribution >= 0.6 is 11.3 Å². The fourth-order valence-corrected chi connectivity index (χ4v) is 2.23. The van der Waals surface area contributed by atoms with E-state index in [1.807, 2.05) is 5.38 Å². The zero-order chi connectivity index (χ0) is 13.4. The molecule has 1 aromatic rings. The maximum absolute atomic E-state index is 11.1. The summed E-state index contributed by atoms with van der Waals surface area (Å²) in [6, 6.07) is 0. The molecule has 0 spiro atoms. The van der Waals surface area contributed by atoms with E-state index in [0.29, 0.717) is 13.2 Å². The van der Waals surface area contributed by atoms with Gasteiger partial charge in [-0.2, -0.15) is 0 Å². The first-order chi connectivity index (χ1) is 8.69. The maximum Gasteiger partial charge on any atom is 0.407 e. The quantitative estimate of drug-likeness (QED) is 0.826. The molecule has 0 bridgehead atoms. The Morgan fingerprint density at radius 3 is 2.78 bits per heavy atom. The van der Waals surface area contributed by atoms with Crippen molar-refractivity contribution in [2.75, 3.05) is 19.7 Å². The number of nitrogens with one attached hydrogen (secondary N) is 1. The second-order valence-corrected chi connectivity index (χ2v) is 4.71. The number of carbonyl (C=O) groups excluding carboxylic acids is 1. The molecule has 1 rings (SSSR count). The van der Waals surface area contributed by atoms with Crippen LogP contribution in [0.2, 0.25) is 0 Å². The zero-order valence-electron chi connectivity index (χ0n) is 11.2. The Morgan fingerprint density at radius 1 is 1.44 bits per heavy atom. The number of nitrogens with zero attached hydrogens (tertiary/aromatic N) is 2.